The first-order chi connectivity index (χ1) is 16.6. The Morgan fingerprint density at radius 3 is 1.85 bits per heavy atom. The molecular weight excluding hydrogens is 418 g/mol. The van der Waals surface area contributed by atoms with Gasteiger partial charge >= 0.3 is 0 Å². The number of carbonyl (C=O) groups is 1. The Morgan fingerprint density at radius 2 is 1.35 bits per heavy atom. The van der Waals surface area contributed by atoms with Crippen molar-refractivity contribution in [2.24, 2.45) is 0 Å². The van der Waals surface area contributed by atoms with Crippen molar-refractivity contribution in [3.8, 4) is 0 Å². The standard InChI is InChI=1S/C30H57N3O/c1-5-7-8-9-10-11-12-13-14-15-16-17-18-19-20-21-22-23-24-25-30-31-26-27-33(30,6-2)28(3)32-29(4)34/h15-16,26-28,30-31H,5-14,17-25H2,1-4H3/p+1/b16-15+. The molecule has 198 valence electrons. The van der Waals surface area contributed by atoms with Gasteiger partial charge in [-0.25, -0.2) is 0 Å². The number of allylic oxidation sites excluding steroid dienone is 2. The third kappa shape index (κ3) is 13.0. The van der Waals surface area contributed by atoms with Crippen molar-refractivity contribution in [2.75, 3.05) is 6.54 Å². The number of hydrogen-bond acceptors (Lipinski definition) is 2. The highest BCUT2D eigenvalue weighted by atomic mass is 16.1. The molecule has 3 atom stereocenters. The Kier molecular flexibility index (Phi) is 18.0. The van der Waals surface area contributed by atoms with Crippen LogP contribution in [0, 0.1) is 0 Å². The first-order valence-corrected chi connectivity index (χ1v) is 14.8. The molecule has 0 saturated carbocycles. The molecule has 4 heteroatoms. The van der Waals surface area contributed by atoms with Crippen molar-refractivity contribution in [3.05, 3.63) is 24.6 Å². The highest BCUT2D eigenvalue weighted by Gasteiger charge is 2.41. The summed E-state index contributed by atoms with van der Waals surface area (Å²) in [6.07, 6.45) is 34.0. The van der Waals surface area contributed by atoms with Crippen LogP contribution in [0.4, 0.5) is 0 Å². The molecule has 0 spiro atoms. The summed E-state index contributed by atoms with van der Waals surface area (Å²) in [6.45, 7) is 9.23. The zero-order valence-corrected chi connectivity index (χ0v) is 23.3. The van der Waals surface area contributed by atoms with Gasteiger partial charge < -0.3 is 10.6 Å². The molecule has 3 unspecified atom stereocenters. The van der Waals surface area contributed by atoms with Gasteiger partial charge in [0.15, 0.2) is 12.3 Å². The lowest BCUT2D eigenvalue weighted by atomic mass is 10.0. The number of nitrogens with zero attached hydrogens (tertiary/aromatic N) is 1. The van der Waals surface area contributed by atoms with Crippen LogP contribution in [0.25, 0.3) is 0 Å². The van der Waals surface area contributed by atoms with Crippen LogP contribution in [0.2, 0.25) is 0 Å². The lowest BCUT2D eigenvalue weighted by Gasteiger charge is -2.41. The maximum atomic E-state index is 11.5. The number of carbonyl (C=O) groups excluding carboxylic acids is 1. The largest absolute Gasteiger partial charge is 0.338 e. The average molecular weight is 477 g/mol. The van der Waals surface area contributed by atoms with Crippen LogP contribution in [0.3, 0.4) is 0 Å². The Morgan fingerprint density at radius 1 is 0.853 bits per heavy atom. The number of hydrogen-bond donors (Lipinski definition) is 2. The summed E-state index contributed by atoms with van der Waals surface area (Å²) in [5.74, 6) is 0.0523. The van der Waals surface area contributed by atoms with E-state index < -0.39 is 0 Å². The number of unbranched alkanes of at least 4 members (excludes halogenated alkanes) is 15. The van der Waals surface area contributed by atoms with Crippen LogP contribution < -0.4 is 10.6 Å². The molecule has 0 radical (unpaired) electrons. The Labute approximate surface area is 212 Å². The summed E-state index contributed by atoms with van der Waals surface area (Å²) in [5.41, 5.74) is 0. The predicted molar refractivity (Wildman–Crippen MR) is 148 cm³/mol. The molecule has 0 fully saturated rings. The van der Waals surface area contributed by atoms with Crippen LogP contribution in [-0.2, 0) is 4.79 Å². The third-order valence-corrected chi connectivity index (χ3v) is 7.64. The quantitative estimate of drug-likeness (QED) is 0.0937. The van der Waals surface area contributed by atoms with Gasteiger partial charge in [-0.05, 0) is 39.0 Å². The SMILES string of the molecule is CCCCCCCCCC/C=C/CCCCCCCCCC1NC=C[N+]1(CC)C(C)NC(C)=O. The molecule has 0 aliphatic carbocycles. The van der Waals surface area contributed by atoms with Gasteiger partial charge in [0.1, 0.15) is 6.20 Å². The summed E-state index contributed by atoms with van der Waals surface area (Å²) in [4.78, 5) is 11.5. The van der Waals surface area contributed by atoms with Crippen molar-refractivity contribution in [2.45, 2.75) is 156 Å². The van der Waals surface area contributed by atoms with Crippen molar-refractivity contribution in [3.63, 3.8) is 0 Å². The fraction of sp³-hybridized carbons (Fsp3) is 0.833. The Balaban J connectivity index is 1.96. The van der Waals surface area contributed by atoms with Crippen LogP contribution in [0.5, 0.6) is 0 Å². The number of amides is 1. The molecular formula is C30H58N3O+. The first kappa shape index (κ1) is 30.7. The van der Waals surface area contributed by atoms with Crippen molar-refractivity contribution in [1.82, 2.24) is 10.6 Å². The molecule has 1 heterocycles. The van der Waals surface area contributed by atoms with E-state index in [1.165, 1.54) is 109 Å². The van der Waals surface area contributed by atoms with Gasteiger partial charge in [-0.3, -0.25) is 9.28 Å². The van der Waals surface area contributed by atoms with Crippen molar-refractivity contribution in [1.29, 1.82) is 0 Å². The van der Waals surface area contributed by atoms with E-state index in [4.69, 9.17) is 0 Å². The van der Waals surface area contributed by atoms with Crippen LogP contribution in [0.15, 0.2) is 24.6 Å². The predicted octanol–water partition coefficient (Wildman–Crippen LogP) is 8.30. The smallest absolute Gasteiger partial charge is 0.221 e. The molecule has 1 aliphatic rings. The molecule has 2 N–H and O–H groups in total. The normalized spacial score (nSPS) is 20.6. The van der Waals surface area contributed by atoms with E-state index in [-0.39, 0.29) is 12.1 Å². The molecule has 34 heavy (non-hydrogen) atoms. The molecule has 0 aromatic carbocycles. The molecule has 4 nitrogen and oxygen atoms in total. The van der Waals surface area contributed by atoms with E-state index in [1.807, 2.05) is 0 Å². The van der Waals surface area contributed by atoms with Gasteiger partial charge in [-0.1, -0.05) is 96.1 Å². The molecule has 0 aromatic rings. The van der Waals surface area contributed by atoms with E-state index >= 15 is 0 Å². The minimum absolute atomic E-state index is 0.0523. The molecule has 0 bridgehead atoms. The lowest BCUT2D eigenvalue weighted by Crippen LogP contribution is -2.62. The zero-order valence-electron chi connectivity index (χ0n) is 23.3. The van der Waals surface area contributed by atoms with Crippen LogP contribution >= 0.6 is 0 Å². The number of nitrogens with one attached hydrogen (secondary N) is 2. The van der Waals surface area contributed by atoms with Gasteiger partial charge in [-0.2, -0.15) is 0 Å². The lowest BCUT2D eigenvalue weighted by molar-refractivity contribution is -0.923. The summed E-state index contributed by atoms with van der Waals surface area (Å²) < 4.78 is 0.812. The van der Waals surface area contributed by atoms with Gasteiger partial charge in [-0.15, -0.1) is 0 Å². The summed E-state index contributed by atoms with van der Waals surface area (Å²) in [7, 11) is 0. The topological polar surface area (TPSA) is 41.1 Å². The Hall–Kier alpha value is -1.29. The highest BCUT2D eigenvalue weighted by Crippen LogP contribution is 2.26. The minimum Gasteiger partial charge on any atom is -0.338 e. The summed E-state index contributed by atoms with van der Waals surface area (Å²) in [6, 6.07) is 0. The fourth-order valence-electron chi connectivity index (χ4n) is 5.39. The maximum Gasteiger partial charge on any atom is 0.221 e. The van der Waals surface area contributed by atoms with Gasteiger partial charge in [0.25, 0.3) is 0 Å². The Bertz CT molecular complexity index is 559. The third-order valence-electron chi connectivity index (χ3n) is 7.64. The molecule has 1 rings (SSSR count). The van der Waals surface area contributed by atoms with Gasteiger partial charge in [0, 0.05) is 20.3 Å². The van der Waals surface area contributed by atoms with Gasteiger partial charge in [0.2, 0.25) is 5.91 Å². The van der Waals surface area contributed by atoms with Gasteiger partial charge in [0.05, 0.1) is 12.7 Å². The van der Waals surface area contributed by atoms with E-state index in [0.717, 1.165) is 17.4 Å². The van der Waals surface area contributed by atoms with E-state index in [1.54, 1.807) is 6.92 Å². The number of quaternary nitrogens is 1. The highest BCUT2D eigenvalue weighted by molar-refractivity contribution is 5.72. The second-order valence-electron chi connectivity index (χ2n) is 10.5. The molecule has 1 amide bonds. The first-order valence-electron chi connectivity index (χ1n) is 14.8. The monoisotopic (exact) mass is 476 g/mol. The summed E-state index contributed by atoms with van der Waals surface area (Å²) in [5, 5.41) is 6.65. The average Bonchev–Trinajstić information content (AvgIpc) is 3.24. The van der Waals surface area contributed by atoms with Crippen LogP contribution in [-0.4, -0.2) is 29.3 Å². The fourth-order valence-corrected chi connectivity index (χ4v) is 5.39. The van der Waals surface area contributed by atoms with Crippen molar-refractivity contribution >= 4 is 5.91 Å². The van der Waals surface area contributed by atoms with Crippen molar-refractivity contribution < 1.29 is 9.28 Å². The maximum absolute atomic E-state index is 11.5. The minimum atomic E-state index is 0.0523. The van der Waals surface area contributed by atoms with Crippen LogP contribution in [0.1, 0.15) is 143 Å². The number of rotatable bonds is 22. The van der Waals surface area contributed by atoms with E-state index in [9.17, 15) is 4.79 Å². The second-order valence-corrected chi connectivity index (χ2v) is 10.5. The van der Waals surface area contributed by atoms with E-state index in [0.29, 0.717) is 6.17 Å². The second kappa shape index (κ2) is 20.0. The zero-order chi connectivity index (χ0) is 24.9. The molecule has 1 aliphatic heterocycles. The molecule has 0 saturated heterocycles. The van der Waals surface area contributed by atoms with E-state index in [2.05, 4.69) is 56.0 Å². The summed E-state index contributed by atoms with van der Waals surface area (Å²) >= 11 is 0. The molecule has 0 aromatic heterocycles.